The quantitative estimate of drug-likeness (QED) is 0.526. The zero-order chi connectivity index (χ0) is 14.0. The predicted molar refractivity (Wildman–Crippen MR) is 77.7 cm³/mol. The van der Waals surface area contributed by atoms with Crippen LogP contribution in [0.4, 0.5) is 0 Å². The topological polar surface area (TPSA) is 26.3 Å². The lowest BCUT2D eigenvalue weighted by Gasteiger charge is -2.24. The fraction of sp³-hybridized carbons (Fsp3) is 0.824. The Morgan fingerprint density at radius 2 is 2.11 bits per heavy atom. The van der Waals surface area contributed by atoms with Crippen molar-refractivity contribution in [2.24, 2.45) is 23.2 Å². The second kappa shape index (κ2) is 5.68. The standard InChI is InChI=1S/C17H28O2/c1-12(2)8-9-13(3)15-10-17(15,4)11-19-16(18)14-6-5-7-14/h8,13-15H,5-7,9-11H2,1-4H3/t13-,15+,17+/m1/s1. The van der Waals surface area contributed by atoms with Crippen LogP contribution in [0.15, 0.2) is 11.6 Å². The van der Waals surface area contributed by atoms with Gasteiger partial charge in [0.15, 0.2) is 0 Å². The molecule has 2 saturated carbocycles. The predicted octanol–water partition coefficient (Wildman–Crippen LogP) is 4.35. The van der Waals surface area contributed by atoms with Gasteiger partial charge in [0.05, 0.1) is 12.5 Å². The molecule has 108 valence electrons. The van der Waals surface area contributed by atoms with E-state index in [2.05, 4.69) is 33.8 Å². The van der Waals surface area contributed by atoms with Crippen molar-refractivity contribution in [2.75, 3.05) is 6.61 Å². The van der Waals surface area contributed by atoms with Crippen LogP contribution in [-0.2, 0) is 9.53 Å². The summed E-state index contributed by atoms with van der Waals surface area (Å²) in [6.07, 6.45) is 7.96. The van der Waals surface area contributed by atoms with Gasteiger partial charge in [0.1, 0.15) is 0 Å². The number of carbonyl (C=O) groups is 1. The van der Waals surface area contributed by atoms with Crippen molar-refractivity contribution in [3.8, 4) is 0 Å². The van der Waals surface area contributed by atoms with Gasteiger partial charge in [-0.05, 0) is 51.4 Å². The molecule has 0 saturated heterocycles. The lowest BCUT2D eigenvalue weighted by atomic mass is 9.85. The molecule has 2 fully saturated rings. The van der Waals surface area contributed by atoms with E-state index >= 15 is 0 Å². The van der Waals surface area contributed by atoms with Crippen molar-refractivity contribution in [3.05, 3.63) is 11.6 Å². The molecule has 0 radical (unpaired) electrons. The van der Waals surface area contributed by atoms with Gasteiger partial charge in [0.2, 0.25) is 0 Å². The van der Waals surface area contributed by atoms with E-state index < -0.39 is 0 Å². The third-order valence-corrected chi connectivity index (χ3v) is 4.99. The summed E-state index contributed by atoms with van der Waals surface area (Å²) in [6, 6.07) is 0. The molecule has 0 amide bonds. The summed E-state index contributed by atoms with van der Waals surface area (Å²) < 4.78 is 5.52. The van der Waals surface area contributed by atoms with E-state index in [4.69, 9.17) is 4.74 Å². The molecule has 0 heterocycles. The molecular weight excluding hydrogens is 236 g/mol. The molecule has 0 aromatic heterocycles. The van der Waals surface area contributed by atoms with Gasteiger partial charge in [-0.15, -0.1) is 0 Å². The van der Waals surface area contributed by atoms with Gasteiger partial charge in [-0.25, -0.2) is 0 Å². The van der Waals surface area contributed by atoms with Crippen LogP contribution in [-0.4, -0.2) is 12.6 Å². The number of hydrogen-bond donors (Lipinski definition) is 0. The van der Waals surface area contributed by atoms with Crippen LogP contribution in [0.25, 0.3) is 0 Å². The number of rotatable bonds is 6. The Bertz CT molecular complexity index is 363. The van der Waals surface area contributed by atoms with Crippen molar-refractivity contribution in [1.29, 1.82) is 0 Å². The van der Waals surface area contributed by atoms with Gasteiger partial charge in [0, 0.05) is 5.41 Å². The molecule has 0 aromatic rings. The number of ether oxygens (including phenoxy) is 1. The minimum absolute atomic E-state index is 0.0510. The smallest absolute Gasteiger partial charge is 0.308 e. The summed E-state index contributed by atoms with van der Waals surface area (Å²) in [5.74, 6) is 1.68. The molecule has 2 heteroatoms. The van der Waals surface area contributed by atoms with Crippen LogP contribution in [0.2, 0.25) is 0 Å². The Kier molecular flexibility index (Phi) is 4.37. The number of carbonyl (C=O) groups excluding carboxylic acids is 1. The van der Waals surface area contributed by atoms with Gasteiger partial charge in [-0.2, -0.15) is 0 Å². The summed E-state index contributed by atoms with van der Waals surface area (Å²) in [4.78, 5) is 11.8. The van der Waals surface area contributed by atoms with E-state index in [0.717, 1.165) is 25.2 Å². The normalized spacial score (nSPS) is 31.3. The number of hydrogen-bond acceptors (Lipinski definition) is 2. The molecule has 2 nitrogen and oxygen atoms in total. The van der Waals surface area contributed by atoms with Crippen molar-refractivity contribution in [3.63, 3.8) is 0 Å². The molecule has 0 aliphatic heterocycles. The fourth-order valence-electron chi connectivity index (χ4n) is 3.08. The molecule has 19 heavy (non-hydrogen) atoms. The van der Waals surface area contributed by atoms with Crippen molar-refractivity contribution in [2.45, 2.75) is 59.8 Å². The third kappa shape index (κ3) is 3.61. The zero-order valence-corrected chi connectivity index (χ0v) is 12.9. The second-order valence-corrected chi connectivity index (χ2v) is 7.19. The molecule has 3 atom stereocenters. The fourth-order valence-corrected chi connectivity index (χ4v) is 3.08. The van der Waals surface area contributed by atoms with Crippen LogP contribution >= 0.6 is 0 Å². The monoisotopic (exact) mass is 264 g/mol. The number of allylic oxidation sites excluding steroid dienone is 2. The van der Waals surface area contributed by atoms with Crippen LogP contribution in [0.1, 0.15) is 59.8 Å². The molecule has 0 bridgehead atoms. The van der Waals surface area contributed by atoms with Gasteiger partial charge in [0.25, 0.3) is 0 Å². The summed E-state index contributed by atoms with van der Waals surface area (Å²) in [6.45, 7) is 9.53. The number of esters is 1. The zero-order valence-electron chi connectivity index (χ0n) is 12.9. The van der Waals surface area contributed by atoms with Crippen molar-refractivity contribution < 1.29 is 9.53 Å². The van der Waals surface area contributed by atoms with Crippen molar-refractivity contribution >= 4 is 5.97 Å². The Labute approximate surface area is 117 Å². The molecule has 0 spiro atoms. The average Bonchev–Trinajstić information content (AvgIpc) is 2.94. The Hall–Kier alpha value is -0.790. The Balaban J connectivity index is 1.72. The molecule has 2 rings (SSSR count). The molecule has 0 unspecified atom stereocenters. The average molecular weight is 264 g/mol. The molecule has 2 aliphatic rings. The van der Waals surface area contributed by atoms with Crippen LogP contribution in [0, 0.1) is 23.2 Å². The van der Waals surface area contributed by atoms with E-state index in [-0.39, 0.29) is 17.3 Å². The third-order valence-electron chi connectivity index (χ3n) is 4.99. The van der Waals surface area contributed by atoms with E-state index in [0.29, 0.717) is 12.5 Å². The SMILES string of the molecule is CC(C)=CC[C@@H](C)[C@@H]1C[C@@]1(C)COC(=O)C1CCC1. The first kappa shape index (κ1) is 14.6. The molecule has 2 aliphatic carbocycles. The van der Waals surface area contributed by atoms with Gasteiger partial charge in [-0.3, -0.25) is 4.79 Å². The Morgan fingerprint density at radius 1 is 1.42 bits per heavy atom. The van der Waals surface area contributed by atoms with Gasteiger partial charge < -0.3 is 4.74 Å². The van der Waals surface area contributed by atoms with Crippen LogP contribution in [0.5, 0.6) is 0 Å². The summed E-state index contributed by atoms with van der Waals surface area (Å²) >= 11 is 0. The highest BCUT2D eigenvalue weighted by Gasteiger charge is 2.53. The minimum Gasteiger partial charge on any atom is -0.465 e. The van der Waals surface area contributed by atoms with Crippen LogP contribution in [0.3, 0.4) is 0 Å². The van der Waals surface area contributed by atoms with E-state index in [1.807, 2.05) is 0 Å². The highest BCUT2D eigenvalue weighted by atomic mass is 16.5. The highest BCUT2D eigenvalue weighted by Crippen LogP contribution is 2.57. The maximum absolute atomic E-state index is 11.8. The maximum Gasteiger partial charge on any atom is 0.308 e. The lowest BCUT2D eigenvalue weighted by Crippen LogP contribution is -2.26. The molecule has 0 aromatic carbocycles. The second-order valence-electron chi connectivity index (χ2n) is 7.19. The van der Waals surface area contributed by atoms with Crippen molar-refractivity contribution in [1.82, 2.24) is 0 Å². The molecular formula is C17H28O2. The van der Waals surface area contributed by atoms with Gasteiger partial charge >= 0.3 is 5.97 Å². The summed E-state index contributed by atoms with van der Waals surface area (Å²) in [7, 11) is 0. The first-order valence-electron chi connectivity index (χ1n) is 7.72. The molecule has 0 N–H and O–H groups in total. The summed E-state index contributed by atoms with van der Waals surface area (Å²) in [5.41, 5.74) is 1.64. The van der Waals surface area contributed by atoms with E-state index in [1.165, 1.54) is 18.4 Å². The minimum atomic E-state index is 0.0510. The highest BCUT2D eigenvalue weighted by molar-refractivity contribution is 5.73. The largest absolute Gasteiger partial charge is 0.465 e. The van der Waals surface area contributed by atoms with E-state index in [1.54, 1.807) is 0 Å². The first-order valence-corrected chi connectivity index (χ1v) is 7.72. The Morgan fingerprint density at radius 3 is 2.63 bits per heavy atom. The van der Waals surface area contributed by atoms with Crippen LogP contribution < -0.4 is 0 Å². The lowest BCUT2D eigenvalue weighted by molar-refractivity contribution is -0.153. The summed E-state index contributed by atoms with van der Waals surface area (Å²) in [5, 5.41) is 0. The van der Waals surface area contributed by atoms with E-state index in [9.17, 15) is 4.79 Å². The maximum atomic E-state index is 11.8. The van der Waals surface area contributed by atoms with Gasteiger partial charge in [-0.1, -0.05) is 31.9 Å². The first-order chi connectivity index (χ1) is 8.92.